The normalized spacial score (nSPS) is 13.6. The third-order valence-corrected chi connectivity index (χ3v) is 4.68. The van der Waals surface area contributed by atoms with Crippen LogP contribution in [-0.2, 0) is 24.2 Å². The van der Waals surface area contributed by atoms with E-state index in [2.05, 4.69) is 10.4 Å². The van der Waals surface area contributed by atoms with Crippen molar-refractivity contribution in [1.82, 2.24) is 14.2 Å². The van der Waals surface area contributed by atoms with E-state index in [1.165, 1.54) is 4.57 Å². The van der Waals surface area contributed by atoms with Crippen LogP contribution in [0.2, 0.25) is 0 Å². The Kier molecular flexibility index (Phi) is 3.87. The fraction of sp³-hybridized carbons (Fsp3) is 0.316. The summed E-state index contributed by atoms with van der Waals surface area (Å²) in [6, 6.07) is 7.58. The van der Waals surface area contributed by atoms with E-state index in [0.29, 0.717) is 5.52 Å². The number of benzene rings is 1. The molecule has 0 atom stereocenters. The number of carbonyl (C=O) groups is 1. The third-order valence-electron chi connectivity index (χ3n) is 4.68. The topological polar surface area (TPSA) is 68.4 Å². The van der Waals surface area contributed by atoms with Crippen molar-refractivity contribution in [3.63, 3.8) is 0 Å². The summed E-state index contributed by atoms with van der Waals surface area (Å²) in [5, 5.41) is 7.34. The summed E-state index contributed by atoms with van der Waals surface area (Å²) < 4.78 is 3.11. The van der Waals surface area contributed by atoms with Gasteiger partial charge in [0.25, 0.3) is 5.56 Å². The Bertz CT molecular complexity index is 999. The van der Waals surface area contributed by atoms with Crippen molar-refractivity contribution in [1.29, 1.82) is 0 Å². The van der Waals surface area contributed by atoms with Crippen LogP contribution in [0.1, 0.15) is 29.7 Å². The average Bonchev–Trinajstić information content (AvgIpc) is 2.99. The summed E-state index contributed by atoms with van der Waals surface area (Å²) in [6.45, 7) is 1.98. The van der Waals surface area contributed by atoms with Gasteiger partial charge in [-0.1, -0.05) is 17.7 Å². The lowest BCUT2D eigenvalue weighted by Gasteiger charge is -2.10. The molecule has 2 aromatic heterocycles. The fourth-order valence-electron chi connectivity index (χ4n) is 3.37. The van der Waals surface area contributed by atoms with Crippen molar-refractivity contribution >= 4 is 17.1 Å². The second kappa shape index (κ2) is 6.20. The van der Waals surface area contributed by atoms with Gasteiger partial charge in [0.15, 0.2) is 0 Å². The average molecular weight is 336 g/mol. The smallest absolute Gasteiger partial charge is 0.277 e. The Hall–Kier alpha value is -2.89. The van der Waals surface area contributed by atoms with Crippen molar-refractivity contribution in [3.8, 4) is 0 Å². The van der Waals surface area contributed by atoms with E-state index in [1.807, 2.05) is 31.2 Å². The molecule has 6 nitrogen and oxygen atoms in total. The molecule has 0 bridgehead atoms. The van der Waals surface area contributed by atoms with Gasteiger partial charge >= 0.3 is 0 Å². The number of nitrogens with one attached hydrogen (secondary N) is 1. The highest BCUT2D eigenvalue weighted by molar-refractivity contribution is 5.90. The zero-order chi connectivity index (χ0) is 17.4. The molecule has 1 N–H and O–H groups in total. The van der Waals surface area contributed by atoms with Crippen molar-refractivity contribution in [2.75, 3.05) is 5.32 Å². The maximum absolute atomic E-state index is 12.8. The summed E-state index contributed by atoms with van der Waals surface area (Å²) in [6.07, 6.45) is 7.38. The Balaban J connectivity index is 1.61. The molecule has 4 rings (SSSR count). The Morgan fingerprint density at radius 3 is 2.72 bits per heavy atom. The minimum Gasteiger partial charge on any atom is -0.325 e. The molecule has 0 unspecified atom stereocenters. The van der Waals surface area contributed by atoms with E-state index >= 15 is 0 Å². The first kappa shape index (κ1) is 15.6. The highest BCUT2D eigenvalue weighted by Gasteiger charge is 2.20. The lowest BCUT2D eigenvalue weighted by Crippen LogP contribution is -2.28. The van der Waals surface area contributed by atoms with Gasteiger partial charge in [-0.2, -0.15) is 5.10 Å². The lowest BCUT2D eigenvalue weighted by atomic mass is 9.97. The van der Waals surface area contributed by atoms with E-state index in [9.17, 15) is 9.59 Å². The Morgan fingerprint density at radius 2 is 1.92 bits per heavy atom. The molecule has 1 amide bonds. The maximum atomic E-state index is 12.8. The van der Waals surface area contributed by atoms with Crippen molar-refractivity contribution in [2.45, 2.75) is 39.2 Å². The van der Waals surface area contributed by atoms with Crippen LogP contribution in [-0.4, -0.2) is 20.1 Å². The number of amides is 1. The number of hydrogen-bond acceptors (Lipinski definition) is 3. The molecule has 25 heavy (non-hydrogen) atoms. The zero-order valence-corrected chi connectivity index (χ0v) is 14.2. The molecule has 0 radical (unpaired) electrons. The molecule has 1 aromatic carbocycles. The summed E-state index contributed by atoms with van der Waals surface area (Å²) in [5.41, 5.74) is 4.38. The van der Waals surface area contributed by atoms with Gasteiger partial charge in [0.2, 0.25) is 5.91 Å². The number of hydrogen-bond donors (Lipinski definition) is 1. The Labute approximate surface area is 145 Å². The van der Waals surface area contributed by atoms with Gasteiger partial charge in [0.1, 0.15) is 12.1 Å². The Morgan fingerprint density at radius 1 is 1.16 bits per heavy atom. The summed E-state index contributed by atoms with van der Waals surface area (Å²) >= 11 is 0. The van der Waals surface area contributed by atoms with E-state index in [4.69, 9.17) is 0 Å². The SMILES string of the molecule is Cc1ccc(NC(=O)Cn2ccn3nc4c(c3c2=O)CCCC4)cc1. The van der Waals surface area contributed by atoms with Gasteiger partial charge in [-0.3, -0.25) is 9.59 Å². The third kappa shape index (κ3) is 2.95. The molecule has 1 aliphatic rings. The number of fused-ring (bicyclic) bond motifs is 3. The highest BCUT2D eigenvalue weighted by Crippen LogP contribution is 2.22. The molecule has 2 heterocycles. The van der Waals surface area contributed by atoms with Crippen LogP contribution in [0, 0.1) is 6.92 Å². The van der Waals surface area contributed by atoms with Gasteiger partial charge in [-0.15, -0.1) is 0 Å². The van der Waals surface area contributed by atoms with Crippen LogP contribution in [0.25, 0.3) is 5.52 Å². The summed E-state index contributed by atoms with van der Waals surface area (Å²) in [4.78, 5) is 25.1. The van der Waals surface area contributed by atoms with Crippen LogP contribution in [0.3, 0.4) is 0 Å². The van der Waals surface area contributed by atoms with Crippen molar-refractivity contribution in [3.05, 3.63) is 63.8 Å². The van der Waals surface area contributed by atoms with E-state index < -0.39 is 0 Å². The molecule has 0 fully saturated rings. The van der Waals surface area contributed by atoms with E-state index in [1.54, 1.807) is 16.9 Å². The van der Waals surface area contributed by atoms with Crippen LogP contribution in [0.5, 0.6) is 0 Å². The molecule has 0 spiro atoms. The van der Waals surface area contributed by atoms with Crippen molar-refractivity contribution in [2.24, 2.45) is 0 Å². The molecule has 128 valence electrons. The van der Waals surface area contributed by atoms with Crippen molar-refractivity contribution < 1.29 is 4.79 Å². The first-order valence-corrected chi connectivity index (χ1v) is 8.58. The predicted octanol–water partition coefficient (Wildman–Crippen LogP) is 2.32. The lowest BCUT2D eigenvalue weighted by molar-refractivity contribution is -0.116. The molecular weight excluding hydrogens is 316 g/mol. The molecule has 0 saturated carbocycles. The molecule has 1 aliphatic carbocycles. The van der Waals surface area contributed by atoms with Crippen LogP contribution in [0.15, 0.2) is 41.5 Å². The predicted molar refractivity (Wildman–Crippen MR) is 95.9 cm³/mol. The number of rotatable bonds is 3. The maximum Gasteiger partial charge on any atom is 0.277 e. The van der Waals surface area contributed by atoms with E-state index in [0.717, 1.165) is 48.2 Å². The van der Waals surface area contributed by atoms with Gasteiger partial charge in [-0.25, -0.2) is 4.52 Å². The van der Waals surface area contributed by atoms with Gasteiger partial charge in [0, 0.05) is 23.6 Å². The molecular formula is C19H20N4O2. The highest BCUT2D eigenvalue weighted by atomic mass is 16.2. The van der Waals surface area contributed by atoms with Gasteiger partial charge < -0.3 is 9.88 Å². The number of nitrogens with zero attached hydrogens (tertiary/aromatic N) is 3. The molecule has 3 aromatic rings. The number of aryl methyl sites for hydroxylation is 3. The van der Waals surface area contributed by atoms with Crippen LogP contribution in [0.4, 0.5) is 5.69 Å². The second-order valence-corrected chi connectivity index (χ2v) is 6.57. The van der Waals surface area contributed by atoms with Gasteiger partial charge in [-0.05, 0) is 44.7 Å². The first-order chi connectivity index (χ1) is 12.1. The second-order valence-electron chi connectivity index (χ2n) is 6.57. The number of anilines is 1. The number of aromatic nitrogens is 3. The summed E-state index contributed by atoms with van der Waals surface area (Å²) in [7, 11) is 0. The standard InChI is InChI=1S/C19H20N4O2/c1-13-6-8-14(9-7-13)20-17(24)12-22-10-11-23-18(19(22)25)15-4-2-3-5-16(15)21-23/h6-11H,2-5,12H2,1H3,(H,20,24). The quantitative estimate of drug-likeness (QED) is 0.798. The largest absolute Gasteiger partial charge is 0.325 e. The molecule has 0 saturated heterocycles. The van der Waals surface area contributed by atoms with Crippen LogP contribution < -0.4 is 10.9 Å². The monoisotopic (exact) mass is 336 g/mol. The van der Waals surface area contributed by atoms with Gasteiger partial charge in [0.05, 0.1) is 5.69 Å². The molecule has 0 aliphatic heterocycles. The molecule has 6 heteroatoms. The first-order valence-electron chi connectivity index (χ1n) is 8.58. The summed E-state index contributed by atoms with van der Waals surface area (Å²) in [5.74, 6) is -0.219. The van der Waals surface area contributed by atoms with E-state index in [-0.39, 0.29) is 18.0 Å². The number of carbonyl (C=O) groups excluding carboxylic acids is 1. The minimum absolute atomic E-state index is 0.0108. The van der Waals surface area contributed by atoms with Crippen LogP contribution >= 0.6 is 0 Å². The zero-order valence-electron chi connectivity index (χ0n) is 14.2. The minimum atomic E-state index is -0.219. The fourth-order valence-corrected chi connectivity index (χ4v) is 3.37.